The Labute approximate surface area is 117 Å². The molecular weight excluding hydrogens is 260 g/mol. The lowest BCUT2D eigenvalue weighted by Crippen LogP contribution is -2.23. The standard InChI is InChI=1S/C14H18N2O4/c1-3-15-14(19)10-6-5-7-11(8-10)16-12(17)9-13(18)20-4-2/h5-8H,3-4,9H2,1-2H3,(H,15,19)(H,16,17). The Morgan fingerprint density at radius 1 is 1.20 bits per heavy atom. The van der Waals surface area contributed by atoms with Crippen LogP contribution >= 0.6 is 0 Å². The quantitative estimate of drug-likeness (QED) is 0.607. The van der Waals surface area contributed by atoms with Crippen LogP contribution in [0.5, 0.6) is 0 Å². The van der Waals surface area contributed by atoms with E-state index in [1.165, 1.54) is 0 Å². The predicted molar refractivity (Wildman–Crippen MR) is 74.3 cm³/mol. The maximum Gasteiger partial charge on any atom is 0.315 e. The van der Waals surface area contributed by atoms with Crippen LogP contribution in [0.25, 0.3) is 0 Å². The first-order valence-corrected chi connectivity index (χ1v) is 6.40. The average Bonchev–Trinajstić information content (AvgIpc) is 2.39. The number of ether oxygens (including phenoxy) is 1. The predicted octanol–water partition coefficient (Wildman–Crippen LogP) is 1.33. The van der Waals surface area contributed by atoms with E-state index in [0.717, 1.165) is 0 Å². The molecule has 0 atom stereocenters. The third-order valence-electron chi connectivity index (χ3n) is 2.36. The van der Waals surface area contributed by atoms with Crippen LogP contribution in [0.3, 0.4) is 0 Å². The van der Waals surface area contributed by atoms with E-state index >= 15 is 0 Å². The highest BCUT2D eigenvalue weighted by molar-refractivity contribution is 6.02. The van der Waals surface area contributed by atoms with Crippen molar-refractivity contribution in [3.8, 4) is 0 Å². The second-order valence-electron chi connectivity index (χ2n) is 3.97. The van der Waals surface area contributed by atoms with Crippen molar-refractivity contribution in [2.75, 3.05) is 18.5 Å². The Morgan fingerprint density at radius 3 is 2.60 bits per heavy atom. The van der Waals surface area contributed by atoms with Gasteiger partial charge in [0.25, 0.3) is 5.91 Å². The van der Waals surface area contributed by atoms with Gasteiger partial charge in [0, 0.05) is 17.8 Å². The molecule has 0 radical (unpaired) electrons. The molecule has 0 aliphatic carbocycles. The third-order valence-corrected chi connectivity index (χ3v) is 2.36. The molecule has 1 aromatic rings. The number of rotatable bonds is 6. The molecule has 1 aromatic carbocycles. The van der Waals surface area contributed by atoms with Gasteiger partial charge >= 0.3 is 5.97 Å². The van der Waals surface area contributed by atoms with Crippen LogP contribution in [0.4, 0.5) is 5.69 Å². The number of benzene rings is 1. The number of nitrogens with one attached hydrogen (secondary N) is 2. The second kappa shape index (κ2) is 7.93. The Hall–Kier alpha value is -2.37. The normalized spacial score (nSPS) is 9.70. The second-order valence-corrected chi connectivity index (χ2v) is 3.97. The summed E-state index contributed by atoms with van der Waals surface area (Å²) in [6, 6.07) is 6.50. The molecule has 0 aliphatic heterocycles. The molecule has 0 spiro atoms. The summed E-state index contributed by atoms with van der Waals surface area (Å²) in [4.78, 5) is 34.4. The van der Waals surface area contributed by atoms with Crippen molar-refractivity contribution in [3.05, 3.63) is 29.8 Å². The lowest BCUT2D eigenvalue weighted by molar-refractivity contribution is -0.145. The molecule has 0 heterocycles. The zero-order chi connectivity index (χ0) is 15.0. The molecule has 6 nitrogen and oxygen atoms in total. The number of hydrogen-bond donors (Lipinski definition) is 2. The number of esters is 1. The van der Waals surface area contributed by atoms with Crippen LogP contribution in [-0.4, -0.2) is 30.9 Å². The van der Waals surface area contributed by atoms with Gasteiger partial charge in [-0.3, -0.25) is 14.4 Å². The Kier molecular flexibility index (Phi) is 6.22. The third kappa shape index (κ3) is 5.09. The van der Waals surface area contributed by atoms with Gasteiger partial charge in [-0.2, -0.15) is 0 Å². The number of carbonyl (C=O) groups excluding carboxylic acids is 3. The number of hydrogen-bond acceptors (Lipinski definition) is 4. The van der Waals surface area contributed by atoms with Gasteiger partial charge in [-0.15, -0.1) is 0 Å². The van der Waals surface area contributed by atoms with Gasteiger partial charge in [0.05, 0.1) is 6.61 Å². The van der Waals surface area contributed by atoms with Gasteiger partial charge in [0.1, 0.15) is 6.42 Å². The largest absolute Gasteiger partial charge is 0.466 e. The first kappa shape index (κ1) is 15.7. The summed E-state index contributed by atoms with van der Waals surface area (Å²) < 4.78 is 4.68. The number of carbonyl (C=O) groups is 3. The average molecular weight is 278 g/mol. The molecule has 2 amide bonds. The lowest BCUT2D eigenvalue weighted by Gasteiger charge is -2.07. The van der Waals surface area contributed by atoms with E-state index < -0.39 is 11.9 Å². The Morgan fingerprint density at radius 2 is 1.95 bits per heavy atom. The van der Waals surface area contributed by atoms with E-state index in [-0.39, 0.29) is 18.9 Å². The van der Waals surface area contributed by atoms with Crippen molar-refractivity contribution < 1.29 is 19.1 Å². The highest BCUT2D eigenvalue weighted by atomic mass is 16.5. The zero-order valence-electron chi connectivity index (χ0n) is 11.6. The van der Waals surface area contributed by atoms with Gasteiger partial charge in [-0.05, 0) is 32.0 Å². The van der Waals surface area contributed by atoms with Crippen LogP contribution in [0.15, 0.2) is 24.3 Å². The van der Waals surface area contributed by atoms with E-state index in [2.05, 4.69) is 15.4 Å². The lowest BCUT2D eigenvalue weighted by atomic mass is 10.2. The van der Waals surface area contributed by atoms with Gasteiger partial charge in [0.15, 0.2) is 0 Å². The van der Waals surface area contributed by atoms with E-state index in [9.17, 15) is 14.4 Å². The van der Waals surface area contributed by atoms with Crippen molar-refractivity contribution in [1.82, 2.24) is 5.32 Å². The minimum absolute atomic E-state index is 0.214. The van der Waals surface area contributed by atoms with Crippen LogP contribution in [0, 0.1) is 0 Å². The molecule has 20 heavy (non-hydrogen) atoms. The van der Waals surface area contributed by atoms with E-state index in [1.807, 2.05) is 6.92 Å². The molecule has 0 saturated carbocycles. The molecule has 0 aliphatic rings. The SMILES string of the molecule is CCNC(=O)c1cccc(NC(=O)CC(=O)OCC)c1. The summed E-state index contributed by atoms with van der Waals surface area (Å²) in [5, 5.41) is 5.21. The Bertz CT molecular complexity index is 500. The maximum atomic E-state index is 11.6. The van der Waals surface area contributed by atoms with E-state index in [1.54, 1.807) is 31.2 Å². The molecule has 108 valence electrons. The first-order valence-electron chi connectivity index (χ1n) is 6.40. The van der Waals surface area contributed by atoms with Gasteiger partial charge in [0.2, 0.25) is 5.91 Å². The molecule has 0 saturated heterocycles. The van der Waals surface area contributed by atoms with Gasteiger partial charge in [-0.1, -0.05) is 6.07 Å². The van der Waals surface area contributed by atoms with Crippen LogP contribution < -0.4 is 10.6 Å². The molecule has 6 heteroatoms. The maximum absolute atomic E-state index is 11.6. The monoisotopic (exact) mass is 278 g/mol. The van der Waals surface area contributed by atoms with Crippen LogP contribution in [0.2, 0.25) is 0 Å². The van der Waals surface area contributed by atoms with E-state index in [4.69, 9.17) is 0 Å². The minimum Gasteiger partial charge on any atom is -0.466 e. The fourth-order valence-corrected chi connectivity index (χ4v) is 1.55. The topological polar surface area (TPSA) is 84.5 Å². The Balaban J connectivity index is 2.64. The van der Waals surface area contributed by atoms with Crippen molar-refractivity contribution in [1.29, 1.82) is 0 Å². The molecule has 2 N–H and O–H groups in total. The first-order chi connectivity index (χ1) is 9.56. The number of amides is 2. The van der Waals surface area contributed by atoms with Gasteiger partial charge in [-0.25, -0.2) is 0 Å². The smallest absolute Gasteiger partial charge is 0.315 e. The zero-order valence-corrected chi connectivity index (χ0v) is 11.6. The van der Waals surface area contributed by atoms with Gasteiger partial charge < -0.3 is 15.4 Å². The van der Waals surface area contributed by atoms with Crippen molar-refractivity contribution >= 4 is 23.5 Å². The van der Waals surface area contributed by atoms with Crippen molar-refractivity contribution in [2.24, 2.45) is 0 Å². The molecule has 0 bridgehead atoms. The highest BCUT2D eigenvalue weighted by Crippen LogP contribution is 2.11. The molecule has 0 fully saturated rings. The van der Waals surface area contributed by atoms with Crippen molar-refractivity contribution in [2.45, 2.75) is 20.3 Å². The highest BCUT2D eigenvalue weighted by Gasteiger charge is 2.11. The van der Waals surface area contributed by atoms with Crippen LogP contribution in [0.1, 0.15) is 30.6 Å². The van der Waals surface area contributed by atoms with Crippen LogP contribution in [-0.2, 0) is 14.3 Å². The van der Waals surface area contributed by atoms with Crippen molar-refractivity contribution in [3.63, 3.8) is 0 Å². The molecular formula is C14H18N2O4. The summed E-state index contributed by atoms with van der Waals surface area (Å²) in [6.07, 6.45) is -0.348. The number of anilines is 1. The fraction of sp³-hybridized carbons (Fsp3) is 0.357. The fourth-order valence-electron chi connectivity index (χ4n) is 1.55. The molecule has 0 unspecified atom stereocenters. The summed E-state index contributed by atoms with van der Waals surface area (Å²) in [6.45, 7) is 4.26. The summed E-state index contributed by atoms with van der Waals surface area (Å²) in [7, 11) is 0. The summed E-state index contributed by atoms with van der Waals surface area (Å²) >= 11 is 0. The summed E-state index contributed by atoms with van der Waals surface area (Å²) in [5.41, 5.74) is 0.906. The summed E-state index contributed by atoms with van der Waals surface area (Å²) in [5.74, 6) is -1.27. The van der Waals surface area contributed by atoms with E-state index in [0.29, 0.717) is 17.8 Å². The molecule has 0 aromatic heterocycles. The molecule has 1 rings (SSSR count). The minimum atomic E-state index is -0.579.